The first kappa shape index (κ1) is 52.6. The summed E-state index contributed by atoms with van der Waals surface area (Å²) in [5.41, 5.74) is 0. The largest absolute Gasteiger partial charge is 0.420 e. The van der Waals surface area contributed by atoms with E-state index in [-0.39, 0.29) is 26.4 Å². The molecule has 0 fully saturated rings. The number of ether oxygens (including phenoxy) is 14. The van der Waals surface area contributed by atoms with Crippen molar-refractivity contribution >= 4 is 28.6 Å². The van der Waals surface area contributed by atoms with Gasteiger partial charge < -0.3 is 66.3 Å². The smallest absolute Gasteiger partial charge is 0.313 e. The molecule has 0 atom stereocenters. The summed E-state index contributed by atoms with van der Waals surface area (Å²) in [6, 6.07) is 0. The molecule has 0 saturated carbocycles. The van der Waals surface area contributed by atoms with Crippen molar-refractivity contribution in [3.8, 4) is 5.75 Å². The fourth-order valence-electron chi connectivity index (χ4n) is 3.79. The zero-order valence-corrected chi connectivity index (χ0v) is 33.8. The number of esters is 1. The van der Waals surface area contributed by atoms with Gasteiger partial charge in [0.1, 0.15) is 0 Å². The maximum absolute atomic E-state index is 13.6. The molecule has 0 bridgehead atoms. The van der Waals surface area contributed by atoms with Crippen molar-refractivity contribution in [1.29, 1.82) is 0 Å². The third-order valence-corrected chi connectivity index (χ3v) is 6.96. The Balaban J connectivity index is 1.70. The van der Waals surface area contributed by atoms with Crippen LogP contribution in [-0.4, -0.2) is 182 Å². The van der Waals surface area contributed by atoms with Crippen molar-refractivity contribution in [3.63, 3.8) is 0 Å². The Hall–Kier alpha value is -1.45. The number of hydrogen-bond donors (Lipinski definition) is 0. The van der Waals surface area contributed by atoms with E-state index < -0.39 is 47.2 Å². The highest BCUT2D eigenvalue weighted by Crippen LogP contribution is 2.29. The van der Waals surface area contributed by atoms with Gasteiger partial charge in [-0.1, -0.05) is 22.6 Å². The molecule has 0 N–H and O–H groups in total. The molecular weight excluding hydrogens is 882 g/mol. The monoisotopic (exact) mass is 938 g/mol. The standard InChI is InChI=1S/C35H56F5IO15/c36-30-31(37)33(39)35(34(40)32(30)38)56-29(42)1-3-43-5-7-45-9-11-47-13-15-49-17-19-51-21-23-53-25-27-55-28-26-54-24-22-52-20-18-50-16-14-48-12-10-46-8-6-44-4-2-41/h1-28H2. The van der Waals surface area contributed by atoms with Crippen LogP contribution in [0.25, 0.3) is 0 Å². The molecule has 0 amide bonds. The van der Waals surface area contributed by atoms with Gasteiger partial charge >= 0.3 is 5.97 Å². The number of benzene rings is 1. The van der Waals surface area contributed by atoms with Crippen molar-refractivity contribution < 1.29 is 93.1 Å². The number of alkyl halides is 1. The van der Waals surface area contributed by atoms with Crippen molar-refractivity contribution in [1.82, 2.24) is 0 Å². The molecular formula is C35H56F5IO15. The molecule has 0 aliphatic carbocycles. The van der Waals surface area contributed by atoms with E-state index >= 15 is 0 Å². The molecule has 0 aliphatic rings. The molecule has 0 saturated heterocycles. The van der Waals surface area contributed by atoms with E-state index in [1.807, 2.05) is 0 Å². The van der Waals surface area contributed by atoms with Crippen LogP contribution in [0.5, 0.6) is 5.75 Å². The van der Waals surface area contributed by atoms with E-state index in [0.29, 0.717) is 139 Å². The van der Waals surface area contributed by atoms with E-state index in [2.05, 4.69) is 27.3 Å². The number of hydrogen-bond acceptors (Lipinski definition) is 15. The fourth-order valence-corrected chi connectivity index (χ4v) is 4.10. The molecule has 1 aromatic rings. The summed E-state index contributed by atoms with van der Waals surface area (Å²) < 4.78 is 142. The first-order chi connectivity index (χ1) is 27.4. The van der Waals surface area contributed by atoms with Crippen molar-refractivity contribution in [3.05, 3.63) is 29.1 Å². The van der Waals surface area contributed by atoms with Gasteiger partial charge in [-0.3, -0.25) is 4.79 Å². The quantitative estimate of drug-likeness (QED) is 0.0138. The highest BCUT2D eigenvalue weighted by Gasteiger charge is 2.28. The summed E-state index contributed by atoms with van der Waals surface area (Å²) in [4.78, 5) is 11.7. The Morgan fingerprint density at radius 3 is 0.750 bits per heavy atom. The van der Waals surface area contributed by atoms with E-state index in [9.17, 15) is 26.7 Å². The van der Waals surface area contributed by atoms with Gasteiger partial charge in [-0.2, -0.15) is 8.78 Å². The van der Waals surface area contributed by atoms with Crippen LogP contribution in [0.4, 0.5) is 22.0 Å². The molecule has 328 valence electrons. The van der Waals surface area contributed by atoms with Crippen molar-refractivity contribution in [2.75, 3.05) is 176 Å². The Morgan fingerprint density at radius 2 is 0.518 bits per heavy atom. The summed E-state index contributed by atoms with van der Waals surface area (Å²) >= 11 is 2.26. The van der Waals surface area contributed by atoms with Crippen LogP contribution in [0.3, 0.4) is 0 Å². The highest BCUT2D eigenvalue weighted by atomic mass is 127. The molecule has 0 unspecified atom stereocenters. The second-order valence-corrected chi connectivity index (χ2v) is 11.9. The van der Waals surface area contributed by atoms with Crippen LogP contribution >= 0.6 is 22.6 Å². The Kier molecular flexibility index (Phi) is 36.6. The van der Waals surface area contributed by atoms with E-state index in [4.69, 9.17) is 61.6 Å². The van der Waals surface area contributed by atoms with E-state index in [1.54, 1.807) is 0 Å². The maximum Gasteiger partial charge on any atom is 0.313 e. The van der Waals surface area contributed by atoms with Crippen LogP contribution in [0.15, 0.2) is 0 Å². The lowest BCUT2D eigenvalue weighted by atomic mass is 10.2. The van der Waals surface area contributed by atoms with Gasteiger partial charge in [0.25, 0.3) is 0 Å². The highest BCUT2D eigenvalue weighted by molar-refractivity contribution is 14.1. The lowest BCUT2D eigenvalue weighted by Crippen LogP contribution is -2.16. The summed E-state index contributed by atoms with van der Waals surface area (Å²) in [5.74, 6) is -14.1. The molecule has 1 aromatic carbocycles. The normalized spacial score (nSPS) is 11.5. The number of halogens is 6. The van der Waals surface area contributed by atoms with Crippen LogP contribution in [0.1, 0.15) is 6.42 Å². The second kappa shape index (κ2) is 39.0. The topological polar surface area (TPSA) is 146 Å². The van der Waals surface area contributed by atoms with Crippen LogP contribution in [-0.2, 0) is 66.4 Å². The van der Waals surface area contributed by atoms with Crippen LogP contribution in [0, 0.1) is 29.1 Å². The summed E-state index contributed by atoms with van der Waals surface area (Å²) in [6.45, 7) is 10.7. The van der Waals surface area contributed by atoms with Crippen molar-refractivity contribution in [2.24, 2.45) is 0 Å². The minimum Gasteiger partial charge on any atom is -0.420 e. The van der Waals surface area contributed by atoms with Gasteiger partial charge in [-0.15, -0.1) is 0 Å². The van der Waals surface area contributed by atoms with Gasteiger partial charge in [0.05, 0.1) is 178 Å². The Bertz CT molecular complexity index is 1060. The van der Waals surface area contributed by atoms with Gasteiger partial charge in [0, 0.05) is 4.43 Å². The van der Waals surface area contributed by atoms with E-state index in [1.165, 1.54) is 0 Å². The van der Waals surface area contributed by atoms with Crippen LogP contribution < -0.4 is 4.74 Å². The Morgan fingerprint density at radius 1 is 0.321 bits per heavy atom. The molecule has 1 rings (SSSR count). The first-order valence-electron chi connectivity index (χ1n) is 18.2. The zero-order valence-electron chi connectivity index (χ0n) is 31.7. The third kappa shape index (κ3) is 29.7. The summed E-state index contributed by atoms with van der Waals surface area (Å²) in [7, 11) is 0. The lowest BCUT2D eigenvalue weighted by molar-refractivity contribution is -0.136. The summed E-state index contributed by atoms with van der Waals surface area (Å²) in [5, 5.41) is 0. The molecule has 0 aliphatic heterocycles. The molecule has 56 heavy (non-hydrogen) atoms. The molecule has 0 spiro atoms. The van der Waals surface area contributed by atoms with Gasteiger partial charge in [0.15, 0.2) is 0 Å². The zero-order chi connectivity index (χ0) is 40.7. The minimum atomic E-state index is -2.35. The fraction of sp³-hybridized carbons (Fsp3) is 0.800. The summed E-state index contributed by atoms with van der Waals surface area (Å²) in [6.07, 6.45) is -0.489. The number of rotatable bonds is 42. The molecule has 0 heterocycles. The van der Waals surface area contributed by atoms with Gasteiger partial charge in [-0.25, -0.2) is 13.2 Å². The molecule has 0 radical (unpaired) electrons. The van der Waals surface area contributed by atoms with Crippen LogP contribution in [0.2, 0.25) is 0 Å². The van der Waals surface area contributed by atoms with Gasteiger partial charge in [0.2, 0.25) is 34.8 Å². The minimum absolute atomic E-state index is 0.0782. The number of carbonyl (C=O) groups is 1. The molecule has 15 nitrogen and oxygen atoms in total. The first-order valence-corrected chi connectivity index (χ1v) is 19.7. The maximum atomic E-state index is 13.6. The number of carbonyl (C=O) groups excluding carboxylic acids is 1. The predicted molar refractivity (Wildman–Crippen MR) is 196 cm³/mol. The molecule has 21 heteroatoms. The average molecular weight is 939 g/mol. The van der Waals surface area contributed by atoms with E-state index in [0.717, 1.165) is 11.0 Å². The third-order valence-electron chi connectivity index (χ3n) is 6.52. The SMILES string of the molecule is O=C(CCOCCOCCOCCOCCOCCOCCOCCOCCOCCOCCOCCOCCOCCI)Oc1c(F)c(F)c(F)c(F)c1F. The lowest BCUT2D eigenvalue weighted by Gasteiger charge is -2.09. The Labute approximate surface area is 338 Å². The second-order valence-electron chi connectivity index (χ2n) is 10.8. The average Bonchev–Trinajstić information content (AvgIpc) is 3.20. The van der Waals surface area contributed by atoms with Gasteiger partial charge in [-0.05, 0) is 0 Å². The van der Waals surface area contributed by atoms with Crippen molar-refractivity contribution in [2.45, 2.75) is 6.42 Å². The predicted octanol–water partition coefficient (Wildman–Crippen LogP) is 3.33. The molecule has 0 aromatic heterocycles.